The fraction of sp³-hybridized carbons (Fsp3) is 0.600. The minimum absolute atomic E-state index is 0.106. The van der Waals surface area contributed by atoms with Crippen molar-refractivity contribution >= 4 is 31.3 Å². The van der Waals surface area contributed by atoms with Gasteiger partial charge in [-0.2, -0.15) is 0 Å². The molecule has 0 aromatic heterocycles. The molecule has 1 atom stereocenters. The number of thioether (sulfide) groups is 1. The number of benzene rings is 1. The maximum atomic E-state index is 12.7. The minimum atomic E-state index is -1.94. The van der Waals surface area contributed by atoms with Gasteiger partial charge in [-0.1, -0.05) is 26.8 Å². The standard InChI is InChI=1S/C20H31NO4SSi/c1-7-24-18(22)17-12-9-13-21(17)19(23)26-16-11-8-10-15(14-16)25-27(5,6)20(2,3)4/h8,10-11,14,17H,7,9,12-13H2,1-6H3/t17-/m1/s1. The highest BCUT2D eigenvalue weighted by molar-refractivity contribution is 8.13. The number of nitrogens with zero attached hydrogens (tertiary/aromatic N) is 1. The molecule has 1 saturated heterocycles. The normalized spacial score (nSPS) is 17.7. The van der Waals surface area contributed by atoms with Crippen LogP contribution in [0.5, 0.6) is 5.75 Å². The highest BCUT2D eigenvalue weighted by Crippen LogP contribution is 2.38. The van der Waals surface area contributed by atoms with E-state index in [-0.39, 0.29) is 16.2 Å². The molecule has 2 rings (SSSR count). The lowest BCUT2D eigenvalue weighted by molar-refractivity contribution is -0.147. The quantitative estimate of drug-likeness (QED) is 0.375. The van der Waals surface area contributed by atoms with Crippen molar-refractivity contribution in [3.05, 3.63) is 24.3 Å². The van der Waals surface area contributed by atoms with Gasteiger partial charge in [-0.25, -0.2) is 4.79 Å². The Morgan fingerprint density at radius 1 is 1.30 bits per heavy atom. The third-order valence-corrected chi connectivity index (χ3v) is 10.5. The van der Waals surface area contributed by atoms with Crippen molar-refractivity contribution in [2.24, 2.45) is 0 Å². The summed E-state index contributed by atoms with van der Waals surface area (Å²) in [6.07, 6.45) is 1.49. The lowest BCUT2D eigenvalue weighted by Gasteiger charge is -2.36. The van der Waals surface area contributed by atoms with Crippen LogP contribution in [0.15, 0.2) is 29.2 Å². The number of hydrogen-bond donors (Lipinski definition) is 0. The molecule has 1 aliphatic heterocycles. The van der Waals surface area contributed by atoms with Gasteiger partial charge >= 0.3 is 5.97 Å². The summed E-state index contributed by atoms with van der Waals surface area (Å²) in [5.41, 5.74) is 0. The molecule has 1 fully saturated rings. The smallest absolute Gasteiger partial charge is 0.328 e. The zero-order valence-corrected chi connectivity index (χ0v) is 19.0. The van der Waals surface area contributed by atoms with Gasteiger partial charge in [0.1, 0.15) is 11.8 Å². The van der Waals surface area contributed by atoms with Crippen LogP contribution in [-0.4, -0.2) is 43.6 Å². The zero-order chi connectivity index (χ0) is 20.2. The molecule has 0 spiro atoms. The Kier molecular flexibility index (Phi) is 7.02. The predicted molar refractivity (Wildman–Crippen MR) is 112 cm³/mol. The summed E-state index contributed by atoms with van der Waals surface area (Å²) in [6, 6.07) is 7.20. The summed E-state index contributed by atoms with van der Waals surface area (Å²) < 4.78 is 11.4. The van der Waals surface area contributed by atoms with Crippen LogP contribution in [0.4, 0.5) is 4.79 Å². The fourth-order valence-corrected chi connectivity index (χ4v) is 4.56. The first-order chi connectivity index (χ1) is 12.5. The zero-order valence-electron chi connectivity index (χ0n) is 17.2. The van der Waals surface area contributed by atoms with Crippen LogP contribution in [-0.2, 0) is 9.53 Å². The Bertz CT molecular complexity index is 687. The highest BCUT2D eigenvalue weighted by Gasteiger charge is 2.39. The van der Waals surface area contributed by atoms with Gasteiger partial charge in [-0.3, -0.25) is 4.79 Å². The third-order valence-electron chi connectivity index (χ3n) is 5.24. The highest BCUT2D eigenvalue weighted by atomic mass is 32.2. The molecular weight excluding hydrogens is 378 g/mol. The van der Waals surface area contributed by atoms with Gasteiger partial charge in [0, 0.05) is 11.4 Å². The fourth-order valence-electron chi connectivity index (χ4n) is 2.68. The van der Waals surface area contributed by atoms with Gasteiger partial charge in [0.15, 0.2) is 0 Å². The number of rotatable bonds is 5. The molecule has 1 heterocycles. The second-order valence-corrected chi connectivity index (χ2v) is 14.1. The number of esters is 1. The molecule has 7 heteroatoms. The Morgan fingerprint density at radius 3 is 2.63 bits per heavy atom. The molecule has 0 aliphatic carbocycles. The first-order valence-electron chi connectivity index (χ1n) is 9.49. The van der Waals surface area contributed by atoms with Crippen molar-refractivity contribution in [2.75, 3.05) is 13.2 Å². The Balaban J connectivity index is 2.07. The molecule has 1 aromatic rings. The maximum Gasteiger partial charge on any atom is 0.328 e. The summed E-state index contributed by atoms with van der Waals surface area (Å²) in [7, 11) is -1.94. The maximum absolute atomic E-state index is 12.7. The number of hydrogen-bond acceptors (Lipinski definition) is 5. The average molecular weight is 410 g/mol. The molecular formula is C20H31NO4SSi. The van der Waals surface area contributed by atoms with Crippen molar-refractivity contribution in [3.8, 4) is 5.75 Å². The van der Waals surface area contributed by atoms with Crippen LogP contribution >= 0.6 is 11.8 Å². The molecule has 5 nitrogen and oxygen atoms in total. The van der Waals surface area contributed by atoms with E-state index in [1.807, 2.05) is 24.3 Å². The topological polar surface area (TPSA) is 55.8 Å². The van der Waals surface area contributed by atoms with Crippen LogP contribution in [0, 0.1) is 0 Å². The van der Waals surface area contributed by atoms with Gasteiger partial charge in [0.2, 0.25) is 8.32 Å². The first kappa shape index (κ1) is 21.8. The van der Waals surface area contributed by atoms with E-state index >= 15 is 0 Å². The van der Waals surface area contributed by atoms with E-state index in [1.165, 1.54) is 0 Å². The van der Waals surface area contributed by atoms with E-state index < -0.39 is 14.4 Å². The van der Waals surface area contributed by atoms with E-state index in [4.69, 9.17) is 9.16 Å². The molecule has 27 heavy (non-hydrogen) atoms. The number of amides is 1. The van der Waals surface area contributed by atoms with E-state index in [0.717, 1.165) is 28.8 Å². The van der Waals surface area contributed by atoms with Gasteiger partial charge in [0.05, 0.1) is 6.61 Å². The van der Waals surface area contributed by atoms with Crippen molar-refractivity contribution < 1.29 is 18.8 Å². The molecule has 150 valence electrons. The summed E-state index contributed by atoms with van der Waals surface area (Å²) in [4.78, 5) is 27.3. The molecule has 0 radical (unpaired) electrons. The third kappa shape index (κ3) is 5.51. The van der Waals surface area contributed by atoms with Crippen LogP contribution in [0.1, 0.15) is 40.5 Å². The van der Waals surface area contributed by atoms with E-state index in [1.54, 1.807) is 11.8 Å². The Morgan fingerprint density at radius 2 is 2.00 bits per heavy atom. The van der Waals surface area contributed by atoms with Crippen LogP contribution in [0.2, 0.25) is 18.1 Å². The lowest BCUT2D eigenvalue weighted by Crippen LogP contribution is -2.43. The number of ether oxygens (including phenoxy) is 1. The van der Waals surface area contributed by atoms with E-state index in [2.05, 4.69) is 33.9 Å². The summed E-state index contributed by atoms with van der Waals surface area (Å²) in [5, 5.41) is -0.0102. The molecule has 0 saturated carbocycles. The summed E-state index contributed by atoms with van der Waals surface area (Å²) in [5.74, 6) is 0.488. The van der Waals surface area contributed by atoms with Gasteiger partial charge in [0.25, 0.3) is 5.24 Å². The molecule has 0 unspecified atom stereocenters. The van der Waals surface area contributed by atoms with Crippen LogP contribution in [0.3, 0.4) is 0 Å². The Hall–Kier alpha value is -1.47. The SMILES string of the molecule is CCOC(=O)[C@H]1CCCN1C(=O)Sc1cccc(O[Si](C)(C)C(C)(C)C)c1. The van der Waals surface area contributed by atoms with Gasteiger partial charge in [-0.05, 0) is 67.9 Å². The molecule has 0 N–H and O–H groups in total. The van der Waals surface area contributed by atoms with E-state index in [9.17, 15) is 9.59 Å². The average Bonchev–Trinajstić information content (AvgIpc) is 3.03. The number of carbonyl (C=O) groups excluding carboxylic acids is 2. The summed E-state index contributed by atoms with van der Waals surface area (Å²) >= 11 is 1.14. The second-order valence-electron chi connectivity index (χ2n) is 8.31. The summed E-state index contributed by atoms with van der Waals surface area (Å²) in [6.45, 7) is 13.7. The van der Waals surface area contributed by atoms with Gasteiger partial charge in [-0.15, -0.1) is 0 Å². The van der Waals surface area contributed by atoms with Crippen molar-refractivity contribution in [3.63, 3.8) is 0 Å². The predicted octanol–water partition coefficient (Wildman–Crippen LogP) is 5.31. The van der Waals surface area contributed by atoms with Crippen LogP contribution in [0.25, 0.3) is 0 Å². The first-order valence-corrected chi connectivity index (χ1v) is 13.2. The number of carbonyl (C=O) groups is 2. The van der Waals surface area contributed by atoms with E-state index in [0.29, 0.717) is 19.6 Å². The second kappa shape index (κ2) is 8.69. The largest absolute Gasteiger partial charge is 0.543 e. The van der Waals surface area contributed by atoms with Crippen molar-refractivity contribution in [1.82, 2.24) is 4.90 Å². The minimum Gasteiger partial charge on any atom is -0.543 e. The lowest BCUT2D eigenvalue weighted by atomic mass is 10.2. The number of likely N-dealkylation sites (tertiary alicyclic amines) is 1. The monoisotopic (exact) mass is 409 g/mol. The molecule has 0 bridgehead atoms. The molecule has 1 aromatic carbocycles. The molecule has 1 aliphatic rings. The van der Waals surface area contributed by atoms with Crippen molar-refractivity contribution in [2.45, 2.75) is 69.6 Å². The Labute approximate surface area is 167 Å². The van der Waals surface area contributed by atoms with Crippen LogP contribution < -0.4 is 4.43 Å². The molecule has 1 amide bonds. The van der Waals surface area contributed by atoms with Crippen molar-refractivity contribution in [1.29, 1.82) is 0 Å². The van der Waals surface area contributed by atoms with Gasteiger partial charge < -0.3 is 14.1 Å².